The Morgan fingerprint density at radius 2 is 1.67 bits per heavy atom. The van der Waals surface area contributed by atoms with Crippen molar-refractivity contribution in [2.75, 3.05) is 6.61 Å². The second-order valence-corrected chi connectivity index (χ2v) is 18.9. The summed E-state index contributed by atoms with van der Waals surface area (Å²) in [5.74, 6) is -6.35. The zero-order valence-electron chi connectivity index (χ0n) is 33.4. The molecule has 4 saturated carbocycles. The van der Waals surface area contributed by atoms with Crippen LogP contribution in [0.1, 0.15) is 85.1 Å². The number of ether oxygens (including phenoxy) is 6. The van der Waals surface area contributed by atoms with E-state index in [9.17, 15) is 35.1 Å². The maximum Gasteiger partial charge on any atom is 0.331 e. The maximum atomic E-state index is 13.7. The van der Waals surface area contributed by atoms with Gasteiger partial charge in [-0.25, -0.2) is 4.79 Å². The van der Waals surface area contributed by atoms with Gasteiger partial charge in [0.05, 0.1) is 23.7 Å². The Bertz CT molecular complexity index is 1810. The number of esters is 2. The molecule has 7 heterocycles. The van der Waals surface area contributed by atoms with Gasteiger partial charge in [0.15, 0.2) is 0 Å². The van der Waals surface area contributed by atoms with Crippen molar-refractivity contribution in [1.29, 1.82) is 0 Å². The minimum Gasteiger partial charge on any atom is -0.458 e. The second-order valence-electron chi connectivity index (χ2n) is 18.9. The first-order valence-corrected chi connectivity index (χ1v) is 21.0. The van der Waals surface area contributed by atoms with Crippen LogP contribution in [0.25, 0.3) is 0 Å². The molecule has 8 fully saturated rings. The van der Waals surface area contributed by atoms with Gasteiger partial charge in [-0.2, -0.15) is 0 Å². The molecular weight excluding hydrogens is 736 g/mol. The predicted molar refractivity (Wildman–Crippen MR) is 200 cm³/mol. The van der Waals surface area contributed by atoms with Gasteiger partial charge in [-0.15, -0.1) is 0 Å². The van der Waals surface area contributed by atoms with Crippen molar-refractivity contribution in [3.05, 3.63) is 60.2 Å². The topological polar surface area (TPSA) is 194 Å². The highest BCUT2D eigenvalue weighted by Crippen LogP contribution is 2.75. The van der Waals surface area contributed by atoms with Gasteiger partial charge >= 0.3 is 17.9 Å². The van der Waals surface area contributed by atoms with Gasteiger partial charge in [0.2, 0.25) is 0 Å². The molecular formula is C44H58O13. The van der Waals surface area contributed by atoms with Crippen molar-refractivity contribution in [2.45, 2.75) is 150 Å². The number of carbonyl (C=O) groups is 2. The fourth-order valence-corrected chi connectivity index (χ4v) is 12.7. The average Bonchev–Trinajstić information content (AvgIpc) is 3.88. The first-order valence-electron chi connectivity index (χ1n) is 21.0. The quantitative estimate of drug-likeness (QED) is 0.216. The van der Waals surface area contributed by atoms with Gasteiger partial charge in [0.1, 0.15) is 53.4 Å². The molecule has 1 aromatic carbocycles. The van der Waals surface area contributed by atoms with Crippen molar-refractivity contribution < 1.29 is 63.5 Å². The summed E-state index contributed by atoms with van der Waals surface area (Å²) < 4.78 is 39.5. The number of benzene rings is 1. The zero-order valence-corrected chi connectivity index (χ0v) is 33.4. The Hall–Kier alpha value is -2.72. The standard InChI is InChI=1S/C44H58O13/c1-6-23(2)37(47)52-29-14-10-11-15-31(46)53-33-24(3)20-30-41(33,50)38(48)40(22-45)35(54-40)32-36-43(51,39(5,49)21-26-16-18-27(29)19-17-26)34-25(4)42(30,32)57-44(55-34,56-36)28-12-8-7-9-13-28/h7-15,23-27,29-30,32-36,38,45,48-51H,6,16-22H2,1-5H3/b14-10-,15-11+/t23-,24-,25-,26?,27?,29+,30+,32+,33-,34+,35+,36-,38-,39-,40+,41-,42+,43+,44+/m1/s1. The smallest absolute Gasteiger partial charge is 0.331 e. The lowest BCUT2D eigenvalue weighted by Gasteiger charge is -2.74. The third-order valence-electron chi connectivity index (χ3n) is 15.9. The molecule has 0 aromatic heterocycles. The molecule has 13 nitrogen and oxygen atoms in total. The number of aliphatic hydroxyl groups excluding tert-OH is 2. The molecule has 0 unspecified atom stereocenters. The number of epoxide rings is 1. The molecule has 57 heavy (non-hydrogen) atoms. The molecule has 13 heteroatoms. The van der Waals surface area contributed by atoms with E-state index in [-0.39, 0.29) is 36.6 Å². The molecule has 1 spiro atoms. The van der Waals surface area contributed by atoms with E-state index in [1.165, 1.54) is 12.2 Å². The molecule has 4 saturated heterocycles. The minimum atomic E-state index is -2.21. The summed E-state index contributed by atoms with van der Waals surface area (Å²) in [6.07, 6.45) is 3.20. The molecule has 17 atom stereocenters. The van der Waals surface area contributed by atoms with Crippen LogP contribution in [0, 0.1) is 41.4 Å². The number of hydrogen-bond donors (Lipinski definition) is 5. The largest absolute Gasteiger partial charge is 0.458 e. The molecule has 1 aromatic rings. The van der Waals surface area contributed by atoms with Crippen molar-refractivity contribution in [1.82, 2.24) is 0 Å². The van der Waals surface area contributed by atoms with Gasteiger partial charge in [-0.3, -0.25) is 4.79 Å². The Kier molecular flexibility index (Phi) is 9.33. The highest BCUT2D eigenvalue weighted by Gasteiger charge is 2.91. The molecule has 11 aliphatic rings. The van der Waals surface area contributed by atoms with Crippen molar-refractivity contribution in [2.24, 2.45) is 41.4 Å². The molecule has 4 aliphatic carbocycles. The van der Waals surface area contributed by atoms with E-state index in [2.05, 4.69) is 0 Å². The van der Waals surface area contributed by atoms with E-state index in [0.717, 1.165) is 0 Å². The van der Waals surface area contributed by atoms with Gasteiger partial charge in [-0.05, 0) is 75.7 Å². The fourth-order valence-electron chi connectivity index (χ4n) is 12.7. The molecule has 7 aliphatic heterocycles. The monoisotopic (exact) mass is 794 g/mol. The van der Waals surface area contributed by atoms with E-state index < -0.39 is 107 Å². The lowest BCUT2D eigenvalue weighted by atomic mass is 9.49. The number of aliphatic hydroxyl groups is 5. The van der Waals surface area contributed by atoms with E-state index in [4.69, 9.17) is 28.4 Å². The lowest BCUT2D eigenvalue weighted by Crippen LogP contribution is -2.89. The number of allylic oxidation sites excluding steroid dienone is 2. The molecule has 12 rings (SSSR count). The van der Waals surface area contributed by atoms with E-state index >= 15 is 0 Å². The van der Waals surface area contributed by atoms with Crippen LogP contribution in [0.15, 0.2) is 54.6 Å². The van der Waals surface area contributed by atoms with Crippen LogP contribution < -0.4 is 0 Å². The summed E-state index contributed by atoms with van der Waals surface area (Å²) >= 11 is 0. The average molecular weight is 795 g/mol. The lowest BCUT2D eigenvalue weighted by molar-refractivity contribution is -0.595. The molecule has 312 valence electrons. The Morgan fingerprint density at radius 1 is 0.965 bits per heavy atom. The molecule has 0 amide bonds. The molecule has 5 N–H and O–H groups in total. The summed E-state index contributed by atoms with van der Waals surface area (Å²) in [4.78, 5) is 26.7. The first kappa shape index (κ1) is 39.7. The van der Waals surface area contributed by atoms with E-state index in [1.807, 2.05) is 45.9 Å². The summed E-state index contributed by atoms with van der Waals surface area (Å²) in [5, 5.41) is 63.1. The van der Waals surface area contributed by atoms with Gasteiger partial charge in [-0.1, -0.05) is 70.2 Å². The van der Waals surface area contributed by atoms with Crippen LogP contribution in [0.5, 0.6) is 0 Å². The normalized spacial score (nSPS) is 53.8. The Labute approximate surface area is 333 Å². The van der Waals surface area contributed by atoms with Crippen molar-refractivity contribution >= 4 is 11.9 Å². The number of carbonyl (C=O) groups excluding carboxylic acids is 2. The Balaban J connectivity index is 1.20. The van der Waals surface area contributed by atoms with Crippen LogP contribution in [-0.2, 0) is 44.0 Å². The fraction of sp³-hybridized carbons (Fsp3) is 0.727. The van der Waals surface area contributed by atoms with Crippen LogP contribution in [0.2, 0.25) is 0 Å². The summed E-state index contributed by atoms with van der Waals surface area (Å²) in [7, 11) is 0. The third-order valence-corrected chi connectivity index (χ3v) is 15.9. The maximum absolute atomic E-state index is 13.7. The van der Waals surface area contributed by atoms with E-state index in [0.29, 0.717) is 37.7 Å². The molecule has 0 radical (unpaired) electrons. The SMILES string of the molecule is CC[C@@H](C)C(=O)O[C@H]1/C=C\C=C\C(=O)O[C@@H]2[C@H](C)C[C@H]3[C@]2(O)[C@H](O)[C@@]2(CO)O[C@H]2[C@H]2[C@H]4O[C@]5(c6ccccc6)O[C@@H]([C@@H](C)[C@@]23O5)[C@@]4(O)[C@](C)(O)CC2CCC1CC2. The van der Waals surface area contributed by atoms with Crippen LogP contribution in [0.3, 0.4) is 0 Å². The predicted octanol–water partition coefficient (Wildman–Crippen LogP) is 3.18. The van der Waals surface area contributed by atoms with Crippen molar-refractivity contribution in [3.63, 3.8) is 0 Å². The van der Waals surface area contributed by atoms with Gasteiger partial charge in [0.25, 0.3) is 0 Å². The Morgan fingerprint density at radius 3 is 2.35 bits per heavy atom. The van der Waals surface area contributed by atoms with E-state index in [1.54, 1.807) is 31.2 Å². The van der Waals surface area contributed by atoms with Gasteiger partial charge in [0, 0.05) is 29.4 Å². The summed E-state index contributed by atoms with van der Waals surface area (Å²) in [6.45, 7) is 8.40. The second kappa shape index (κ2) is 13.4. The molecule has 11 bridgehead atoms. The number of hydrogen-bond acceptors (Lipinski definition) is 13. The van der Waals surface area contributed by atoms with Crippen LogP contribution >= 0.6 is 0 Å². The first-order chi connectivity index (χ1) is 27.0. The van der Waals surface area contributed by atoms with Gasteiger partial charge < -0.3 is 54.0 Å². The van der Waals surface area contributed by atoms with Crippen molar-refractivity contribution in [3.8, 4) is 0 Å². The number of fused-ring (bicyclic) bond motifs is 2. The minimum absolute atomic E-state index is 0.00929. The highest BCUT2D eigenvalue weighted by atomic mass is 16.9. The van der Waals surface area contributed by atoms with Crippen LogP contribution in [-0.4, -0.2) is 109 Å². The summed E-state index contributed by atoms with van der Waals surface area (Å²) in [6, 6.07) is 9.06. The summed E-state index contributed by atoms with van der Waals surface area (Å²) in [5.41, 5.74) is -8.71. The zero-order chi connectivity index (χ0) is 40.5. The van der Waals surface area contributed by atoms with Crippen LogP contribution in [0.4, 0.5) is 0 Å². The highest BCUT2D eigenvalue weighted by molar-refractivity contribution is 5.82. The third kappa shape index (κ3) is 5.32. The number of rotatable bonds is 5.